The first-order chi connectivity index (χ1) is 12.4. The average molecular weight is 359 g/mol. The van der Waals surface area contributed by atoms with Crippen molar-refractivity contribution in [2.24, 2.45) is 7.05 Å². The Hall–Kier alpha value is -2.48. The number of ether oxygens (including phenoxy) is 1. The first-order valence-electron chi connectivity index (χ1n) is 8.88. The highest BCUT2D eigenvalue weighted by Gasteiger charge is 2.22. The van der Waals surface area contributed by atoms with Gasteiger partial charge in [-0.05, 0) is 39.7 Å². The van der Waals surface area contributed by atoms with Gasteiger partial charge in [-0.2, -0.15) is 10.2 Å². The van der Waals surface area contributed by atoms with Crippen LogP contribution in [0.1, 0.15) is 37.2 Å². The number of rotatable bonds is 5. The predicted octanol–water partition coefficient (Wildman–Crippen LogP) is 1.12. The summed E-state index contributed by atoms with van der Waals surface area (Å²) in [5, 5.41) is 11.7. The van der Waals surface area contributed by atoms with Gasteiger partial charge in [-0.15, -0.1) is 0 Å². The molecule has 3 heterocycles. The second-order valence-corrected chi connectivity index (χ2v) is 6.73. The molecule has 2 atom stereocenters. The lowest BCUT2D eigenvalue weighted by Gasteiger charge is -2.16. The van der Waals surface area contributed by atoms with Crippen LogP contribution < -0.4 is 10.9 Å². The second-order valence-electron chi connectivity index (χ2n) is 6.73. The molecule has 0 aromatic carbocycles. The number of carbonyl (C=O) groups is 1. The smallest absolute Gasteiger partial charge is 0.267 e. The van der Waals surface area contributed by atoms with Crippen molar-refractivity contribution < 1.29 is 9.53 Å². The quantitative estimate of drug-likeness (QED) is 0.864. The summed E-state index contributed by atoms with van der Waals surface area (Å²) in [4.78, 5) is 24.7. The maximum Gasteiger partial charge on any atom is 0.267 e. The molecule has 1 amide bonds. The Morgan fingerprint density at radius 1 is 1.38 bits per heavy atom. The number of hydrogen-bond acceptors (Lipinski definition) is 5. The van der Waals surface area contributed by atoms with E-state index in [0.717, 1.165) is 36.4 Å². The van der Waals surface area contributed by atoms with Crippen molar-refractivity contribution in [3.63, 3.8) is 0 Å². The van der Waals surface area contributed by atoms with Gasteiger partial charge in [0.25, 0.3) is 5.56 Å². The Morgan fingerprint density at radius 3 is 2.77 bits per heavy atom. The van der Waals surface area contributed by atoms with Crippen LogP contribution in [0.25, 0.3) is 11.3 Å². The van der Waals surface area contributed by atoms with Crippen LogP contribution in [-0.2, 0) is 16.6 Å². The van der Waals surface area contributed by atoms with Gasteiger partial charge in [0, 0.05) is 37.5 Å². The van der Waals surface area contributed by atoms with E-state index in [9.17, 15) is 9.59 Å². The minimum atomic E-state index is -0.707. The monoisotopic (exact) mass is 359 g/mol. The van der Waals surface area contributed by atoms with E-state index in [1.807, 2.05) is 20.9 Å². The molecule has 1 fully saturated rings. The van der Waals surface area contributed by atoms with E-state index < -0.39 is 6.04 Å². The van der Waals surface area contributed by atoms with Crippen molar-refractivity contribution in [3.8, 4) is 11.3 Å². The summed E-state index contributed by atoms with van der Waals surface area (Å²) >= 11 is 0. The van der Waals surface area contributed by atoms with Crippen LogP contribution in [-0.4, -0.2) is 44.7 Å². The summed E-state index contributed by atoms with van der Waals surface area (Å²) in [5.74, 6) is -0.244. The fourth-order valence-electron chi connectivity index (χ4n) is 3.26. The highest BCUT2D eigenvalue weighted by Crippen LogP contribution is 2.24. The number of aryl methyl sites for hydroxylation is 2. The highest BCUT2D eigenvalue weighted by atomic mass is 16.5. The molecule has 0 radical (unpaired) electrons. The van der Waals surface area contributed by atoms with Crippen LogP contribution in [0.2, 0.25) is 0 Å². The molecule has 2 unspecified atom stereocenters. The summed E-state index contributed by atoms with van der Waals surface area (Å²) in [6, 6.07) is 2.41. The third-order valence-electron chi connectivity index (χ3n) is 4.86. The number of amides is 1. The van der Waals surface area contributed by atoms with Gasteiger partial charge in [-0.1, -0.05) is 0 Å². The third kappa shape index (κ3) is 3.55. The fraction of sp³-hybridized carbons (Fsp3) is 0.556. The SMILES string of the molecule is Cc1nn(C)c(C)c1-c1ccc(=O)n(C(C)C(=O)NCC2CCCO2)n1. The molecule has 1 saturated heterocycles. The van der Waals surface area contributed by atoms with Gasteiger partial charge >= 0.3 is 0 Å². The van der Waals surface area contributed by atoms with E-state index in [-0.39, 0.29) is 17.6 Å². The van der Waals surface area contributed by atoms with Gasteiger partial charge in [0.2, 0.25) is 5.91 Å². The van der Waals surface area contributed by atoms with Crippen molar-refractivity contribution in [2.75, 3.05) is 13.2 Å². The first-order valence-corrected chi connectivity index (χ1v) is 8.88. The van der Waals surface area contributed by atoms with Crippen LogP contribution in [0.15, 0.2) is 16.9 Å². The second kappa shape index (κ2) is 7.41. The van der Waals surface area contributed by atoms with E-state index in [1.165, 1.54) is 10.7 Å². The van der Waals surface area contributed by atoms with Crippen molar-refractivity contribution >= 4 is 5.91 Å². The Labute approximate surface area is 152 Å². The Bertz CT molecular complexity index is 864. The summed E-state index contributed by atoms with van der Waals surface area (Å²) in [7, 11) is 1.86. The molecule has 3 rings (SSSR count). The lowest BCUT2D eigenvalue weighted by atomic mass is 10.1. The van der Waals surface area contributed by atoms with E-state index >= 15 is 0 Å². The van der Waals surface area contributed by atoms with Crippen molar-refractivity contribution in [1.82, 2.24) is 24.9 Å². The van der Waals surface area contributed by atoms with Crippen LogP contribution in [0.3, 0.4) is 0 Å². The molecule has 1 aliphatic rings. The zero-order valence-electron chi connectivity index (χ0n) is 15.7. The standard InChI is InChI=1S/C18H25N5O3/c1-11-17(12(2)22(4)20-11)15-7-8-16(24)23(21-15)13(3)18(25)19-10-14-6-5-9-26-14/h7-8,13-14H,5-6,9-10H2,1-4H3,(H,19,25). The minimum absolute atomic E-state index is 0.0582. The van der Waals surface area contributed by atoms with Gasteiger partial charge in [-0.3, -0.25) is 14.3 Å². The zero-order chi connectivity index (χ0) is 18.8. The number of nitrogens with zero attached hydrogens (tertiary/aromatic N) is 4. The van der Waals surface area contributed by atoms with Gasteiger partial charge in [-0.25, -0.2) is 4.68 Å². The van der Waals surface area contributed by atoms with E-state index in [2.05, 4.69) is 15.5 Å². The van der Waals surface area contributed by atoms with Gasteiger partial charge in [0.1, 0.15) is 6.04 Å². The van der Waals surface area contributed by atoms with E-state index in [4.69, 9.17) is 4.74 Å². The summed E-state index contributed by atoms with van der Waals surface area (Å²) in [6.45, 7) is 6.72. The number of hydrogen-bond donors (Lipinski definition) is 1. The van der Waals surface area contributed by atoms with Crippen molar-refractivity contribution in [1.29, 1.82) is 0 Å². The van der Waals surface area contributed by atoms with Crippen molar-refractivity contribution in [2.45, 2.75) is 45.8 Å². The van der Waals surface area contributed by atoms with Crippen LogP contribution in [0.4, 0.5) is 0 Å². The fourth-order valence-corrected chi connectivity index (χ4v) is 3.26. The molecule has 0 spiro atoms. The Kier molecular flexibility index (Phi) is 5.22. The molecule has 26 heavy (non-hydrogen) atoms. The number of carbonyl (C=O) groups excluding carboxylic acids is 1. The zero-order valence-corrected chi connectivity index (χ0v) is 15.7. The molecule has 2 aromatic rings. The lowest BCUT2D eigenvalue weighted by molar-refractivity contribution is -0.124. The molecule has 8 nitrogen and oxygen atoms in total. The summed E-state index contributed by atoms with van der Waals surface area (Å²) in [5.41, 5.74) is 2.99. The maximum atomic E-state index is 12.5. The first kappa shape index (κ1) is 18.3. The Morgan fingerprint density at radius 2 is 2.15 bits per heavy atom. The molecule has 8 heteroatoms. The molecule has 0 bridgehead atoms. The molecule has 0 aliphatic carbocycles. The van der Waals surface area contributed by atoms with Gasteiger partial charge in [0.15, 0.2) is 0 Å². The molecular weight excluding hydrogens is 334 g/mol. The minimum Gasteiger partial charge on any atom is -0.376 e. The molecule has 0 saturated carbocycles. The van der Waals surface area contributed by atoms with Gasteiger partial charge in [0.05, 0.1) is 17.5 Å². The topological polar surface area (TPSA) is 91.0 Å². The largest absolute Gasteiger partial charge is 0.376 e. The molecule has 2 aromatic heterocycles. The maximum absolute atomic E-state index is 12.5. The molecule has 140 valence electrons. The van der Waals surface area contributed by atoms with Crippen LogP contribution >= 0.6 is 0 Å². The molecule has 1 N–H and O–H groups in total. The van der Waals surface area contributed by atoms with Crippen molar-refractivity contribution in [3.05, 3.63) is 33.9 Å². The third-order valence-corrected chi connectivity index (χ3v) is 4.86. The average Bonchev–Trinajstić information content (AvgIpc) is 3.21. The van der Waals surface area contributed by atoms with Crippen LogP contribution in [0, 0.1) is 13.8 Å². The number of nitrogens with one attached hydrogen (secondary N) is 1. The summed E-state index contributed by atoms with van der Waals surface area (Å²) in [6.07, 6.45) is 2.02. The van der Waals surface area contributed by atoms with Gasteiger partial charge < -0.3 is 10.1 Å². The molecule has 1 aliphatic heterocycles. The van der Waals surface area contributed by atoms with E-state index in [0.29, 0.717) is 12.2 Å². The summed E-state index contributed by atoms with van der Waals surface area (Å²) < 4.78 is 8.52. The predicted molar refractivity (Wildman–Crippen MR) is 96.9 cm³/mol. The lowest BCUT2D eigenvalue weighted by Crippen LogP contribution is -2.39. The normalized spacial score (nSPS) is 18.1. The van der Waals surface area contributed by atoms with E-state index in [1.54, 1.807) is 17.7 Å². The molecular formula is C18H25N5O3. The van der Waals surface area contributed by atoms with Crippen LogP contribution in [0.5, 0.6) is 0 Å². The number of aromatic nitrogens is 4. The Balaban J connectivity index is 1.82. The highest BCUT2D eigenvalue weighted by molar-refractivity contribution is 5.79.